The first-order valence-electron chi connectivity index (χ1n) is 8.56. The van der Waals surface area contributed by atoms with Crippen LogP contribution in [0.4, 0.5) is 0 Å². The van der Waals surface area contributed by atoms with Gasteiger partial charge in [-0.2, -0.15) is 0 Å². The molecule has 124 valence electrons. The number of guanidine groups is 1. The minimum atomic E-state index is 0.183. The Morgan fingerprint density at radius 2 is 1.91 bits per heavy atom. The molecule has 0 aliphatic carbocycles. The van der Waals surface area contributed by atoms with E-state index in [1.165, 1.54) is 5.56 Å². The number of aliphatic imine (C=N–C) groups is 1. The average Bonchev–Trinajstić information content (AvgIpc) is 3.28. The van der Waals surface area contributed by atoms with Crippen LogP contribution in [0.5, 0.6) is 0 Å². The van der Waals surface area contributed by atoms with E-state index in [2.05, 4.69) is 45.5 Å². The maximum atomic E-state index is 12.2. The second-order valence-corrected chi connectivity index (χ2v) is 6.33. The number of rotatable bonds is 3. The van der Waals surface area contributed by atoms with Gasteiger partial charge in [0.25, 0.3) is 0 Å². The quantitative estimate of drug-likeness (QED) is 0.682. The van der Waals surface area contributed by atoms with Crippen molar-refractivity contribution >= 4 is 11.9 Å². The number of nitrogens with zero attached hydrogens (tertiary/aromatic N) is 3. The molecule has 2 fully saturated rings. The standard InChI is InChI=1S/C18H26N4O/c1-19-18(20-13-17(23)21-10-5-6-11-21)22-12-9-16(14-22)15-7-3-2-4-8-15/h2-4,7-8,16H,5-6,9-14H2,1H3,(H,19,20). The van der Waals surface area contributed by atoms with Crippen LogP contribution in [0.3, 0.4) is 0 Å². The third-order valence-electron chi connectivity index (χ3n) is 4.83. The Morgan fingerprint density at radius 1 is 1.17 bits per heavy atom. The van der Waals surface area contributed by atoms with Crippen LogP contribution in [0.1, 0.15) is 30.7 Å². The Labute approximate surface area is 138 Å². The van der Waals surface area contributed by atoms with E-state index < -0.39 is 0 Å². The van der Waals surface area contributed by atoms with Crippen molar-refractivity contribution in [1.29, 1.82) is 0 Å². The molecule has 1 unspecified atom stereocenters. The van der Waals surface area contributed by atoms with E-state index in [0.29, 0.717) is 12.5 Å². The van der Waals surface area contributed by atoms with E-state index >= 15 is 0 Å². The summed E-state index contributed by atoms with van der Waals surface area (Å²) in [5.41, 5.74) is 1.39. The molecule has 0 aromatic heterocycles. The van der Waals surface area contributed by atoms with E-state index in [1.54, 1.807) is 7.05 Å². The topological polar surface area (TPSA) is 47.9 Å². The van der Waals surface area contributed by atoms with E-state index in [1.807, 2.05) is 4.90 Å². The van der Waals surface area contributed by atoms with Crippen LogP contribution in [-0.4, -0.2) is 61.4 Å². The zero-order chi connectivity index (χ0) is 16.1. The van der Waals surface area contributed by atoms with Crippen molar-refractivity contribution in [3.63, 3.8) is 0 Å². The number of likely N-dealkylation sites (tertiary alicyclic amines) is 2. The molecule has 3 rings (SSSR count). The highest BCUT2D eigenvalue weighted by molar-refractivity contribution is 5.86. The van der Waals surface area contributed by atoms with Gasteiger partial charge in [-0.1, -0.05) is 30.3 Å². The third-order valence-corrected chi connectivity index (χ3v) is 4.83. The molecule has 1 aromatic carbocycles. The maximum absolute atomic E-state index is 12.2. The van der Waals surface area contributed by atoms with Crippen LogP contribution in [0, 0.1) is 0 Å². The van der Waals surface area contributed by atoms with Crippen LogP contribution in [0.2, 0.25) is 0 Å². The lowest BCUT2D eigenvalue weighted by atomic mass is 9.99. The van der Waals surface area contributed by atoms with Crippen molar-refractivity contribution in [2.45, 2.75) is 25.2 Å². The largest absolute Gasteiger partial charge is 0.347 e. The van der Waals surface area contributed by atoms with E-state index in [0.717, 1.165) is 51.4 Å². The number of hydrogen-bond acceptors (Lipinski definition) is 2. The second kappa shape index (κ2) is 7.49. The van der Waals surface area contributed by atoms with Gasteiger partial charge in [0.15, 0.2) is 5.96 Å². The second-order valence-electron chi connectivity index (χ2n) is 6.33. The summed E-state index contributed by atoms with van der Waals surface area (Å²) in [6.45, 7) is 4.09. The Bertz CT molecular complexity index is 551. The Kier molecular flexibility index (Phi) is 5.16. The summed E-state index contributed by atoms with van der Waals surface area (Å²) in [6, 6.07) is 10.6. The van der Waals surface area contributed by atoms with Gasteiger partial charge in [-0.3, -0.25) is 9.79 Å². The maximum Gasteiger partial charge on any atom is 0.241 e. The minimum absolute atomic E-state index is 0.183. The highest BCUT2D eigenvalue weighted by atomic mass is 16.2. The number of hydrogen-bond donors (Lipinski definition) is 1. The molecule has 2 aliphatic heterocycles. The molecule has 1 N–H and O–H groups in total. The molecular formula is C18H26N4O. The number of nitrogens with one attached hydrogen (secondary N) is 1. The fourth-order valence-corrected chi connectivity index (χ4v) is 3.52. The van der Waals surface area contributed by atoms with Crippen LogP contribution in [0.25, 0.3) is 0 Å². The molecule has 1 atom stereocenters. The molecular weight excluding hydrogens is 288 g/mol. The van der Waals surface area contributed by atoms with Crippen molar-refractivity contribution in [2.75, 3.05) is 39.8 Å². The summed E-state index contributed by atoms with van der Waals surface area (Å²) < 4.78 is 0. The highest BCUT2D eigenvalue weighted by Crippen LogP contribution is 2.26. The summed E-state index contributed by atoms with van der Waals surface area (Å²) in [4.78, 5) is 20.7. The van der Waals surface area contributed by atoms with Crippen LogP contribution >= 0.6 is 0 Å². The van der Waals surface area contributed by atoms with Gasteiger partial charge >= 0.3 is 0 Å². The van der Waals surface area contributed by atoms with Gasteiger partial charge < -0.3 is 15.1 Å². The molecule has 2 heterocycles. The lowest BCUT2D eigenvalue weighted by Gasteiger charge is -2.23. The fourth-order valence-electron chi connectivity index (χ4n) is 3.52. The first-order valence-corrected chi connectivity index (χ1v) is 8.56. The van der Waals surface area contributed by atoms with Gasteiger partial charge in [0, 0.05) is 39.1 Å². The highest BCUT2D eigenvalue weighted by Gasteiger charge is 2.26. The van der Waals surface area contributed by atoms with Crippen molar-refractivity contribution < 1.29 is 4.79 Å². The van der Waals surface area contributed by atoms with Gasteiger partial charge in [0.1, 0.15) is 0 Å². The summed E-state index contributed by atoms with van der Waals surface area (Å²) in [5, 5.41) is 3.24. The first-order chi connectivity index (χ1) is 11.3. The average molecular weight is 314 g/mol. The fraction of sp³-hybridized carbons (Fsp3) is 0.556. The SMILES string of the molecule is CN=C(NCC(=O)N1CCCC1)N1CCC(c2ccccc2)C1. The molecule has 5 nitrogen and oxygen atoms in total. The molecule has 23 heavy (non-hydrogen) atoms. The molecule has 0 spiro atoms. The zero-order valence-corrected chi connectivity index (χ0v) is 13.9. The molecule has 0 saturated carbocycles. The monoisotopic (exact) mass is 314 g/mol. The molecule has 1 amide bonds. The Balaban J connectivity index is 1.52. The third kappa shape index (κ3) is 3.84. The molecule has 0 bridgehead atoms. The number of carbonyl (C=O) groups excluding carboxylic acids is 1. The van der Waals surface area contributed by atoms with E-state index in [4.69, 9.17) is 0 Å². The Morgan fingerprint density at radius 3 is 2.61 bits per heavy atom. The molecule has 2 aliphatic rings. The minimum Gasteiger partial charge on any atom is -0.347 e. The molecule has 5 heteroatoms. The summed E-state index contributed by atoms with van der Waals surface area (Å²) in [7, 11) is 1.79. The van der Waals surface area contributed by atoms with Crippen molar-refractivity contribution in [3.05, 3.63) is 35.9 Å². The normalized spacial score (nSPS) is 21.8. The zero-order valence-electron chi connectivity index (χ0n) is 13.9. The van der Waals surface area contributed by atoms with Gasteiger partial charge in [0.05, 0.1) is 6.54 Å². The van der Waals surface area contributed by atoms with Gasteiger partial charge in [-0.25, -0.2) is 0 Å². The van der Waals surface area contributed by atoms with Crippen LogP contribution in [-0.2, 0) is 4.79 Å². The summed E-state index contributed by atoms with van der Waals surface area (Å²) in [5.74, 6) is 1.57. The first kappa shape index (κ1) is 15.8. The van der Waals surface area contributed by atoms with Gasteiger partial charge in [-0.15, -0.1) is 0 Å². The molecule has 0 radical (unpaired) electrons. The molecule has 2 saturated heterocycles. The van der Waals surface area contributed by atoms with Gasteiger partial charge in [0.2, 0.25) is 5.91 Å². The summed E-state index contributed by atoms with van der Waals surface area (Å²) in [6.07, 6.45) is 3.39. The molecule has 1 aromatic rings. The summed E-state index contributed by atoms with van der Waals surface area (Å²) >= 11 is 0. The predicted octanol–water partition coefficient (Wildman–Crippen LogP) is 1.67. The Hall–Kier alpha value is -2.04. The smallest absolute Gasteiger partial charge is 0.241 e. The lowest BCUT2D eigenvalue weighted by molar-refractivity contribution is -0.128. The van der Waals surface area contributed by atoms with Crippen molar-refractivity contribution in [3.8, 4) is 0 Å². The van der Waals surface area contributed by atoms with Crippen molar-refractivity contribution in [2.24, 2.45) is 4.99 Å². The van der Waals surface area contributed by atoms with Gasteiger partial charge in [-0.05, 0) is 24.8 Å². The number of carbonyl (C=O) groups is 1. The van der Waals surface area contributed by atoms with Crippen LogP contribution < -0.4 is 5.32 Å². The number of amides is 1. The number of benzene rings is 1. The van der Waals surface area contributed by atoms with E-state index in [9.17, 15) is 4.79 Å². The van der Waals surface area contributed by atoms with Crippen LogP contribution in [0.15, 0.2) is 35.3 Å². The predicted molar refractivity (Wildman–Crippen MR) is 92.5 cm³/mol. The lowest BCUT2D eigenvalue weighted by Crippen LogP contribution is -2.45. The van der Waals surface area contributed by atoms with E-state index in [-0.39, 0.29) is 5.91 Å². The van der Waals surface area contributed by atoms with Crippen molar-refractivity contribution in [1.82, 2.24) is 15.1 Å².